The highest BCUT2D eigenvalue weighted by molar-refractivity contribution is 5.95. The highest BCUT2D eigenvalue weighted by atomic mass is 19.4. The number of rotatable bonds is 2. The van der Waals surface area contributed by atoms with Crippen molar-refractivity contribution in [3.63, 3.8) is 0 Å². The molecular weight excluding hydrogens is 221 g/mol. The van der Waals surface area contributed by atoms with Crippen molar-refractivity contribution in [1.29, 1.82) is 5.26 Å². The van der Waals surface area contributed by atoms with Crippen molar-refractivity contribution in [3.05, 3.63) is 29.8 Å². The zero-order valence-corrected chi connectivity index (χ0v) is 8.01. The van der Waals surface area contributed by atoms with Gasteiger partial charge in [0, 0.05) is 5.69 Å². The van der Waals surface area contributed by atoms with E-state index in [1.807, 2.05) is 0 Å². The van der Waals surface area contributed by atoms with Gasteiger partial charge in [-0.05, 0) is 11.6 Å². The molecule has 0 atom stereocenters. The van der Waals surface area contributed by atoms with Crippen molar-refractivity contribution in [2.24, 2.45) is 0 Å². The molecule has 84 valence electrons. The molecule has 1 amide bonds. The van der Waals surface area contributed by atoms with Gasteiger partial charge in [0.2, 0.25) is 0 Å². The third kappa shape index (κ3) is 2.98. The van der Waals surface area contributed by atoms with Crippen LogP contribution in [0.5, 0.6) is 0 Å². The lowest BCUT2D eigenvalue weighted by atomic mass is 10.1. The smallest absolute Gasteiger partial charge is 0.318 e. The Balaban J connectivity index is 2.90. The SMILES string of the molecule is N#CCc1ccccc1NC(=O)C(F)(F)F. The fourth-order valence-corrected chi connectivity index (χ4v) is 1.07. The number of carbonyl (C=O) groups is 1. The maximum atomic E-state index is 12.0. The van der Waals surface area contributed by atoms with Gasteiger partial charge in [0.1, 0.15) is 0 Å². The molecule has 0 saturated heterocycles. The maximum Gasteiger partial charge on any atom is 0.471 e. The molecule has 6 heteroatoms. The standard InChI is InChI=1S/C10H7F3N2O/c11-10(12,13)9(16)15-8-4-2-1-3-7(8)5-6-14/h1-4H,5H2,(H,15,16). The van der Waals surface area contributed by atoms with Gasteiger partial charge in [-0.3, -0.25) is 4.79 Å². The number of nitrogens with one attached hydrogen (secondary N) is 1. The van der Waals surface area contributed by atoms with Gasteiger partial charge in [-0.25, -0.2) is 0 Å². The lowest BCUT2D eigenvalue weighted by molar-refractivity contribution is -0.167. The van der Waals surface area contributed by atoms with E-state index in [0.717, 1.165) is 0 Å². The molecule has 0 aliphatic heterocycles. The summed E-state index contributed by atoms with van der Waals surface area (Å²) in [5.41, 5.74) is 0.356. The quantitative estimate of drug-likeness (QED) is 0.843. The van der Waals surface area contributed by atoms with E-state index in [2.05, 4.69) is 0 Å². The number of hydrogen-bond donors (Lipinski definition) is 1. The van der Waals surface area contributed by atoms with E-state index in [1.165, 1.54) is 18.2 Å². The first-order valence-corrected chi connectivity index (χ1v) is 4.28. The summed E-state index contributed by atoms with van der Waals surface area (Å²) in [6.07, 6.45) is -4.99. The molecular formula is C10H7F3N2O. The van der Waals surface area contributed by atoms with E-state index in [9.17, 15) is 18.0 Å². The third-order valence-corrected chi connectivity index (χ3v) is 1.79. The molecule has 1 rings (SSSR count). The number of para-hydroxylation sites is 1. The van der Waals surface area contributed by atoms with Crippen molar-refractivity contribution >= 4 is 11.6 Å². The Hall–Kier alpha value is -2.03. The molecule has 1 aromatic rings. The second kappa shape index (κ2) is 4.66. The van der Waals surface area contributed by atoms with Crippen LogP contribution >= 0.6 is 0 Å². The van der Waals surface area contributed by atoms with Crippen LogP contribution in [0.1, 0.15) is 5.56 Å². The summed E-state index contributed by atoms with van der Waals surface area (Å²) < 4.78 is 35.9. The van der Waals surface area contributed by atoms with Crippen LogP contribution in [0.4, 0.5) is 18.9 Å². The van der Waals surface area contributed by atoms with Gasteiger partial charge in [0.25, 0.3) is 0 Å². The number of alkyl halides is 3. The van der Waals surface area contributed by atoms with Crippen LogP contribution in [0.25, 0.3) is 0 Å². The number of nitriles is 1. The summed E-state index contributed by atoms with van der Waals surface area (Å²) >= 11 is 0. The Bertz CT molecular complexity index is 434. The Labute approximate surface area is 89.5 Å². The molecule has 0 aliphatic rings. The van der Waals surface area contributed by atoms with E-state index in [4.69, 9.17) is 5.26 Å². The fraction of sp³-hybridized carbons (Fsp3) is 0.200. The van der Waals surface area contributed by atoms with E-state index >= 15 is 0 Å². The summed E-state index contributed by atoms with van der Waals surface area (Å²) in [6, 6.07) is 7.66. The predicted molar refractivity (Wildman–Crippen MR) is 50.4 cm³/mol. The average molecular weight is 228 g/mol. The van der Waals surface area contributed by atoms with Crippen molar-refractivity contribution in [3.8, 4) is 6.07 Å². The zero-order chi connectivity index (χ0) is 12.2. The second-order valence-electron chi connectivity index (χ2n) is 2.94. The Morgan fingerprint density at radius 1 is 1.38 bits per heavy atom. The van der Waals surface area contributed by atoms with Gasteiger partial charge in [0.15, 0.2) is 0 Å². The second-order valence-corrected chi connectivity index (χ2v) is 2.94. The predicted octanol–water partition coefficient (Wildman–Crippen LogP) is 2.25. The van der Waals surface area contributed by atoms with Crippen LogP contribution in [-0.4, -0.2) is 12.1 Å². The molecule has 0 unspecified atom stereocenters. The normalized spacial score (nSPS) is 10.6. The Morgan fingerprint density at radius 2 is 2.00 bits per heavy atom. The molecule has 0 fully saturated rings. The lowest BCUT2D eigenvalue weighted by Gasteiger charge is -2.10. The number of amides is 1. The molecule has 0 radical (unpaired) electrons. The van der Waals surface area contributed by atoms with Crippen LogP contribution in [0.2, 0.25) is 0 Å². The molecule has 0 spiro atoms. The van der Waals surface area contributed by atoms with E-state index in [0.29, 0.717) is 5.56 Å². The summed E-state index contributed by atoms with van der Waals surface area (Å²) in [5, 5.41) is 10.2. The van der Waals surface area contributed by atoms with Gasteiger partial charge >= 0.3 is 12.1 Å². The molecule has 16 heavy (non-hydrogen) atoms. The number of anilines is 1. The maximum absolute atomic E-state index is 12.0. The van der Waals surface area contributed by atoms with Crippen molar-refractivity contribution < 1.29 is 18.0 Å². The largest absolute Gasteiger partial charge is 0.471 e. The Kier molecular flexibility index (Phi) is 3.51. The minimum Gasteiger partial charge on any atom is -0.318 e. The van der Waals surface area contributed by atoms with Crippen LogP contribution in [0.15, 0.2) is 24.3 Å². The van der Waals surface area contributed by atoms with Crippen molar-refractivity contribution in [2.45, 2.75) is 12.6 Å². The van der Waals surface area contributed by atoms with E-state index in [-0.39, 0.29) is 12.1 Å². The zero-order valence-electron chi connectivity index (χ0n) is 8.01. The molecule has 0 heterocycles. The molecule has 0 aliphatic carbocycles. The highest BCUT2D eigenvalue weighted by Crippen LogP contribution is 2.20. The number of benzene rings is 1. The van der Waals surface area contributed by atoms with Crippen LogP contribution < -0.4 is 5.32 Å². The first-order valence-electron chi connectivity index (χ1n) is 4.28. The van der Waals surface area contributed by atoms with Gasteiger partial charge in [-0.1, -0.05) is 18.2 Å². The van der Waals surface area contributed by atoms with E-state index in [1.54, 1.807) is 17.5 Å². The Morgan fingerprint density at radius 3 is 2.56 bits per heavy atom. The molecule has 0 bridgehead atoms. The topological polar surface area (TPSA) is 52.9 Å². The van der Waals surface area contributed by atoms with Gasteiger partial charge in [-0.15, -0.1) is 0 Å². The number of halogens is 3. The summed E-state index contributed by atoms with van der Waals surface area (Å²) in [5.74, 6) is -2.04. The van der Waals surface area contributed by atoms with E-state index < -0.39 is 12.1 Å². The summed E-state index contributed by atoms with van der Waals surface area (Å²) in [7, 11) is 0. The first-order chi connectivity index (χ1) is 7.45. The van der Waals surface area contributed by atoms with Crippen molar-refractivity contribution in [2.75, 3.05) is 5.32 Å². The van der Waals surface area contributed by atoms with Crippen molar-refractivity contribution in [1.82, 2.24) is 0 Å². The molecule has 1 N–H and O–H groups in total. The van der Waals surface area contributed by atoms with Crippen LogP contribution in [0.3, 0.4) is 0 Å². The van der Waals surface area contributed by atoms with Crippen LogP contribution in [-0.2, 0) is 11.2 Å². The number of carbonyl (C=O) groups excluding carboxylic acids is 1. The molecule has 3 nitrogen and oxygen atoms in total. The number of nitrogens with zero attached hydrogens (tertiary/aromatic N) is 1. The molecule has 0 aromatic heterocycles. The minimum absolute atomic E-state index is 0.00590. The number of hydrogen-bond acceptors (Lipinski definition) is 2. The third-order valence-electron chi connectivity index (χ3n) is 1.79. The minimum atomic E-state index is -4.93. The van der Waals surface area contributed by atoms with Crippen LogP contribution in [0, 0.1) is 11.3 Å². The summed E-state index contributed by atoms with van der Waals surface area (Å²) in [6.45, 7) is 0. The fourth-order valence-electron chi connectivity index (χ4n) is 1.07. The highest BCUT2D eigenvalue weighted by Gasteiger charge is 2.38. The summed E-state index contributed by atoms with van der Waals surface area (Å²) in [4.78, 5) is 10.7. The molecule has 0 saturated carbocycles. The van der Waals surface area contributed by atoms with Gasteiger partial charge < -0.3 is 5.32 Å². The first kappa shape index (κ1) is 12.0. The average Bonchev–Trinajstić information content (AvgIpc) is 2.20. The van der Waals surface area contributed by atoms with Gasteiger partial charge in [-0.2, -0.15) is 18.4 Å². The monoisotopic (exact) mass is 228 g/mol. The lowest BCUT2D eigenvalue weighted by Crippen LogP contribution is -2.30. The molecule has 1 aromatic carbocycles. The van der Waals surface area contributed by atoms with Gasteiger partial charge in [0.05, 0.1) is 12.5 Å².